The zero-order chi connectivity index (χ0) is 19.4. The van der Waals surface area contributed by atoms with E-state index in [4.69, 9.17) is 4.74 Å². The topological polar surface area (TPSA) is 110 Å². The smallest absolute Gasteiger partial charge is 0.340 e. The SMILES string of the molecule is O=C(OCC(=O)N1CCCC1=O)c1ccccc1NS(=O)(=O)c1cccs1. The van der Waals surface area contributed by atoms with Crippen LogP contribution in [-0.2, 0) is 24.3 Å². The summed E-state index contributed by atoms with van der Waals surface area (Å²) in [7, 11) is -3.84. The summed E-state index contributed by atoms with van der Waals surface area (Å²) < 4.78 is 32.2. The van der Waals surface area contributed by atoms with Gasteiger partial charge in [-0.1, -0.05) is 18.2 Å². The molecule has 1 aromatic carbocycles. The van der Waals surface area contributed by atoms with Crippen LogP contribution in [0.15, 0.2) is 46.0 Å². The van der Waals surface area contributed by atoms with Crippen LogP contribution in [0.3, 0.4) is 0 Å². The fraction of sp³-hybridized carbons (Fsp3) is 0.235. The summed E-state index contributed by atoms with van der Waals surface area (Å²) >= 11 is 1.04. The summed E-state index contributed by atoms with van der Waals surface area (Å²) in [5, 5.41) is 1.62. The van der Waals surface area contributed by atoms with Crippen molar-refractivity contribution in [3.63, 3.8) is 0 Å². The molecule has 1 aliphatic heterocycles. The minimum absolute atomic E-state index is 0.0295. The number of carbonyl (C=O) groups excluding carboxylic acids is 3. The third-order valence-corrected chi connectivity index (χ3v) is 6.62. The number of rotatable bonds is 6. The van der Waals surface area contributed by atoms with Crippen LogP contribution < -0.4 is 4.72 Å². The molecule has 0 saturated carbocycles. The average Bonchev–Trinajstić information content (AvgIpc) is 3.31. The van der Waals surface area contributed by atoms with E-state index in [0.29, 0.717) is 19.4 Å². The maximum absolute atomic E-state index is 12.4. The lowest BCUT2D eigenvalue weighted by Crippen LogP contribution is -2.35. The number of ether oxygens (including phenoxy) is 1. The Hall–Kier alpha value is -2.72. The third kappa shape index (κ3) is 4.34. The Morgan fingerprint density at radius 1 is 1.19 bits per heavy atom. The maximum Gasteiger partial charge on any atom is 0.340 e. The van der Waals surface area contributed by atoms with E-state index in [1.165, 1.54) is 18.2 Å². The van der Waals surface area contributed by atoms with Crippen LogP contribution in [0.25, 0.3) is 0 Å². The van der Waals surface area contributed by atoms with Crippen molar-refractivity contribution in [2.45, 2.75) is 17.1 Å². The minimum atomic E-state index is -3.84. The number of benzene rings is 1. The predicted molar refractivity (Wildman–Crippen MR) is 97.8 cm³/mol. The van der Waals surface area contributed by atoms with E-state index in [2.05, 4.69) is 4.72 Å². The normalized spacial score (nSPS) is 14.2. The lowest BCUT2D eigenvalue weighted by Gasteiger charge is -2.14. The van der Waals surface area contributed by atoms with Gasteiger partial charge in [-0.3, -0.25) is 19.2 Å². The highest BCUT2D eigenvalue weighted by Crippen LogP contribution is 2.23. The highest BCUT2D eigenvalue weighted by molar-refractivity contribution is 7.94. The van der Waals surface area contributed by atoms with Gasteiger partial charge in [0.25, 0.3) is 15.9 Å². The second-order valence-electron chi connectivity index (χ2n) is 5.70. The number of para-hydroxylation sites is 1. The van der Waals surface area contributed by atoms with Crippen molar-refractivity contribution in [3.8, 4) is 0 Å². The summed E-state index contributed by atoms with van der Waals surface area (Å²) in [6.07, 6.45) is 0.888. The number of nitrogens with zero attached hydrogens (tertiary/aromatic N) is 1. The van der Waals surface area contributed by atoms with Crippen molar-refractivity contribution in [2.24, 2.45) is 0 Å². The summed E-state index contributed by atoms with van der Waals surface area (Å²) in [5.41, 5.74) is 0.0128. The maximum atomic E-state index is 12.4. The predicted octanol–water partition coefficient (Wildman–Crippen LogP) is 1.85. The molecule has 1 aliphatic rings. The average molecular weight is 408 g/mol. The number of nitrogens with one attached hydrogen (secondary N) is 1. The van der Waals surface area contributed by atoms with E-state index in [-0.39, 0.29) is 21.4 Å². The van der Waals surface area contributed by atoms with Crippen LogP contribution in [0, 0.1) is 0 Å². The van der Waals surface area contributed by atoms with Gasteiger partial charge in [-0.15, -0.1) is 11.3 Å². The number of esters is 1. The van der Waals surface area contributed by atoms with Gasteiger partial charge in [-0.25, -0.2) is 13.2 Å². The van der Waals surface area contributed by atoms with E-state index >= 15 is 0 Å². The molecule has 8 nitrogen and oxygen atoms in total. The van der Waals surface area contributed by atoms with Crippen molar-refractivity contribution in [2.75, 3.05) is 17.9 Å². The fourth-order valence-corrected chi connectivity index (χ4v) is 4.63. The molecule has 0 bridgehead atoms. The van der Waals surface area contributed by atoms with Crippen molar-refractivity contribution in [1.29, 1.82) is 0 Å². The Morgan fingerprint density at radius 2 is 1.96 bits per heavy atom. The zero-order valence-electron chi connectivity index (χ0n) is 14.1. The minimum Gasteiger partial charge on any atom is -0.452 e. The number of hydrogen-bond acceptors (Lipinski definition) is 7. The van der Waals surface area contributed by atoms with Crippen LogP contribution in [0.4, 0.5) is 5.69 Å². The molecule has 10 heteroatoms. The number of imide groups is 1. The second kappa shape index (κ2) is 7.89. The molecule has 27 heavy (non-hydrogen) atoms. The van der Waals surface area contributed by atoms with Gasteiger partial charge in [0.15, 0.2) is 6.61 Å². The van der Waals surface area contributed by atoms with Gasteiger partial charge in [0.05, 0.1) is 11.3 Å². The Balaban J connectivity index is 1.70. The number of carbonyl (C=O) groups is 3. The third-order valence-electron chi connectivity index (χ3n) is 3.85. The number of sulfonamides is 1. The quantitative estimate of drug-likeness (QED) is 0.731. The first-order valence-corrected chi connectivity index (χ1v) is 10.4. The van der Waals surface area contributed by atoms with Crippen LogP contribution in [-0.4, -0.2) is 44.3 Å². The molecule has 0 spiro atoms. The van der Waals surface area contributed by atoms with E-state index in [1.807, 2.05) is 0 Å². The Morgan fingerprint density at radius 3 is 2.63 bits per heavy atom. The Bertz CT molecular complexity index is 969. The molecule has 1 saturated heterocycles. The van der Waals surface area contributed by atoms with E-state index in [0.717, 1.165) is 16.2 Å². The molecule has 0 radical (unpaired) electrons. The molecule has 142 valence electrons. The molecule has 1 aromatic heterocycles. The van der Waals surface area contributed by atoms with Gasteiger partial charge >= 0.3 is 5.97 Å². The Labute approximate surface area is 159 Å². The van der Waals surface area contributed by atoms with Crippen LogP contribution in [0.5, 0.6) is 0 Å². The lowest BCUT2D eigenvalue weighted by molar-refractivity contribution is -0.143. The van der Waals surface area contributed by atoms with Crippen LogP contribution >= 0.6 is 11.3 Å². The Kier molecular flexibility index (Phi) is 5.57. The monoisotopic (exact) mass is 408 g/mol. The van der Waals surface area contributed by atoms with Gasteiger partial charge in [0.1, 0.15) is 4.21 Å². The zero-order valence-corrected chi connectivity index (χ0v) is 15.7. The summed E-state index contributed by atoms with van der Waals surface area (Å²) in [6, 6.07) is 8.97. The van der Waals surface area contributed by atoms with Gasteiger partial charge in [0.2, 0.25) is 5.91 Å². The molecule has 2 aromatic rings. The molecule has 2 amide bonds. The summed E-state index contributed by atoms with van der Waals surface area (Å²) in [4.78, 5) is 36.9. The van der Waals surface area contributed by atoms with Gasteiger partial charge in [-0.2, -0.15) is 0 Å². The second-order valence-corrected chi connectivity index (χ2v) is 8.56. The van der Waals surface area contributed by atoms with Crippen molar-refractivity contribution < 1.29 is 27.5 Å². The molecule has 2 heterocycles. The van der Waals surface area contributed by atoms with E-state index in [1.54, 1.807) is 23.6 Å². The van der Waals surface area contributed by atoms with Gasteiger partial charge < -0.3 is 4.74 Å². The number of hydrogen-bond donors (Lipinski definition) is 1. The molecule has 0 atom stereocenters. The number of likely N-dealkylation sites (tertiary alicyclic amines) is 1. The highest BCUT2D eigenvalue weighted by Gasteiger charge is 2.27. The fourth-order valence-electron chi connectivity index (χ4n) is 2.56. The van der Waals surface area contributed by atoms with Gasteiger partial charge in [-0.05, 0) is 30.0 Å². The number of anilines is 1. The van der Waals surface area contributed by atoms with Crippen LogP contribution in [0.1, 0.15) is 23.2 Å². The molecule has 0 unspecified atom stereocenters. The first-order chi connectivity index (χ1) is 12.9. The van der Waals surface area contributed by atoms with E-state index in [9.17, 15) is 22.8 Å². The number of thiophene rings is 1. The summed E-state index contributed by atoms with van der Waals surface area (Å²) in [5.74, 6) is -1.75. The summed E-state index contributed by atoms with van der Waals surface area (Å²) in [6.45, 7) is -0.275. The lowest BCUT2D eigenvalue weighted by atomic mass is 10.2. The molecule has 3 rings (SSSR count). The molecule has 1 N–H and O–H groups in total. The largest absolute Gasteiger partial charge is 0.452 e. The van der Waals surface area contributed by atoms with Gasteiger partial charge in [0, 0.05) is 13.0 Å². The van der Waals surface area contributed by atoms with Crippen LogP contribution in [0.2, 0.25) is 0 Å². The highest BCUT2D eigenvalue weighted by atomic mass is 32.2. The van der Waals surface area contributed by atoms with Crippen molar-refractivity contribution in [3.05, 3.63) is 47.3 Å². The molecular formula is C17H16N2O6S2. The number of amides is 2. The first-order valence-electron chi connectivity index (χ1n) is 8.04. The molecule has 0 aliphatic carbocycles. The molecule has 1 fully saturated rings. The molecular weight excluding hydrogens is 392 g/mol. The van der Waals surface area contributed by atoms with Crippen molar-refractivity contribution >= 4 is 44.8 Å². The van der Waals surface area contributed by atoms with E-state index < -0.39 is 28.5 Å². The standard InChI is InChI=1S/C17H16N2O6S2/c20-14-7-3-9-19(14)15(21)11-25-17(22)12-5-1-2-6-13(12)18-27(23,24)16-8-4-10-26-16/h1-2,4-6,8,10,18H,3,7,9,11H2. The first kappa shape index (κ1) is 19.1. The van der Waals surface area contributed by atoms with Crippen molar-refractivity contribution in [1.82, 2.24) is 4.90 Å².